The number of carbonyl (C=O) groups excluding carboxylic acids is 1. The van der Waals surface area contributed by atoms with Crippen molar-refractivity contribution in [1.82, 2.24) is 5.32 Å². The number of methoxy groups -OCH3 is 1. The highest BCUT2D eigenvalue weighted by Crippen LogP contribution is 2.25. The van der Waals surface area contributed by atoms with Crippen molar-refractivity contribution in [3.63, 3.8) is 0 Å². The number of rotatable bonds is 18. The summed E-state index contributed by atoms with van der Waals surface area (Å²) in [6.07, 6.45) is 19.0. The molecular formula is C30H47NO2. The van der Waals surface area contributed by atoms with E-state index in [0.29, 0.717) is 0 Å². The largest absolute Gasteiger partial charge is 0.497 e. The second-order valence-electron chi connectivity index (χ2n) is 9.58. The van der Waals surface area contributed by atoms with Crippen LogP contribution in [0, 0.1) is 0 Å². The molecule has 0 spiro atoms. The Morgan fingerprint density at radius 1 is 0.758 bits per heavy atom. The Kier molecular flexibility index (Phi) is 13.7. The molecule has 0 bridgehead atoms. The highest BCUT2D eigenvalue weighted by Gasteiger charge is 2.15. The summed E-state index contributed by atoms with van der Waals surface area (Å²) in [5, 5.41) is 5.40. The fraction of sp³-hybridized carbons (Fsp3) is 0.633. The quantitative estimate of drug-likeness (QED) is 0.230. The molecule has 0 heterocycles. The van der Waals surface area contributed by atoms with Crippen molar-refractivity contribution >= 4 is 16.7 Å². The lowest BCUT2D eigenvalue weighted by atomic mass is 9.97. The molecule has 0 fully saturated rings. The Morgan fingerprint density at radius 2 is 1.27 bits per heavy atom. The molecule has 33 heavy (non-hydrogen) atoms. The van der Waals surface area contributed by atoms with Crippen LogP contribution in [0.3, 0.4) is 0 Å². The topological polar surface area (TPSA) is 38.3 Å². The van der Waals surface area contributed by atoms with Crippen LogP contribution in [0.1, 0.15) is 115 Å². The lowest BCUT2D eigenvalue weighted by molar-refractivity contribution is -0.122. The summed E-state index contributed by atoms with van der Waals surface area (Å²) in [6, 6.07) is 12.3. The molecule has 0 aromatic heterocycles. The minimum Gasteiger partial charge on any atom is -0.497 e. The van der Waals surface area contributed by atoms with Gasteiger partial charge < -0.3 is 10.1 Å². The maximum Gasteiger partial charge on any atom is 0.227 e. The Morgan fingerprint density at radius 3 is 1.85 bits per heavy atom. The zero-order chi connectivity index (χ0) is 23.7. The van der Waals surface area contributed by atoms with Gasteiger partial charge in [0, 0.05) is 6.54 Å². The Labute approximate surface area is 202 Å². The lowest BCUT2D eigenvalue weighted by Crippen LogP contribution is -2.28. The second kappa shape index (κ2) is 16.6. The van der Waals surface area contributed by atoms with Gasteiger partial charge in [0.15, 0.2) is 0 Å². The van der Waals surface area contributed by atoms with Crippen LogP contribution >= 0.6 is 0 Å². The van der Waals surface area contributed by atoms with Crippen molar-refractivity contribution in [2.75, 3.05) is 13.7 Å². The normalized spacial score (nSPS) is 12.1. The van der Waals surface area contributed by atoms with Crippen LogP contribution in [0.25, 0.3) is 10.8 Å². The SMILES string of the molecule is CCCCCCCCCCCCCCCCNC(=O)[C@@H](C)c1ccc2cc(OC)ccc2c1. The Balaban J connectivity index is 1.50. The maximum absolute atomic E-state index is 12.6. The number of hydrogen-bond acceptors (Lipinski definition) is 2. The van der Waals surface area contributed by atoms with Gasteiger partial charge in [-0.25, -0.2) is 0 Å². The van der Waals surface area contributed by atoms with Crippen LogP contribution in [0.5, 0.6) is 5.75 Å². The van der Waals surface area contributed by atoms with E-state index in [1.54, 1.807) is 7.11 Å². The molecule has 0 saturated carbocycles. The number of fused-ring (bicyclic) bond motifs is 1. The van der Waals surface area contributed by atoms with Crippen LogP contribution < -0.4 is 10.1 Å². The van der Waals surface area contributed by atoms with E-state index in [1.165, 1.54) is 83.5 Å². The van der Waals surface area contributed by atoms with Gasteiger partial charge in [-0.05, 0) is 41.8 Å². The highest BCUT2D eigenvalue weighted by atomic mass is 16.5. The minimum atomic E-state index is -0.136. The molecule has 0 radical (unpaired) electrons. The van der Waals surface area contributed by atoms with Gasteiger partial charge in [0.25, 0.3) is 0 Å². The van der Waals surface area contributed by atoms with Crippen molar-refractivity contribution in [2.24, 2.45) is 0 Å². The molecule has 1 atom stereocenters. The summed E-state index contributed by atoms with van der Waals surface area (Å²) < 4.78 is 5.29. The van der Waals surface area contributed by atoms with Gasteiger partial charge in [-0.3, -0.25) is 4.79 Å². The van der Waals surface area contributed by atoms with Crippen LogP contribution in [0.2, 0.25) is 0 Å². The average molecular weight is 454 g/mol. The van der Waals surface area contributed by atoms with Gasteiger partial charge in [0.1, 0.15) is 5.75 Å². The molecule has 0 aliphatic carbocycles. The summed E-state index contributed by atoms with van der Waals surface area (Å²) >= 11 is 0. The standard InChI is InChI=1S/C30H47NO2/c1-4-5-6-7-8-9-10-11-12-13-14-15-16-17-22-31-30(32)25(2)26-18-19-28-24-29(33-3)21-20-27(28)23-26/h18-21,23-25H,4-17,22H2,1-3H3,(H,31,32)/t25-/m0/s1. The molecule has 2 aromatic rings. The van der Waals surface area contributed by atoms with Crippen LogP contribution in [0.4, 0.5) is 0 Å². The minimum absolute atomic E-state index is 0.123. The van der Waals surface area contributed by atoms with Crippen LogP contribution in [0.15, 0.2) is 36.4 Å². The van der Waals surface area contributed by atoms with E-state index >= 15 is 0 Å². The van der Waals surface area contributed by atoms with Gasteiger partial charge in [-0.15, -0.1) is 0 Å². The number of hydrogen-bond donors (Lipinski definition) is 1. The molecule has 0 saturated heterocycles. The molecule has 0 aliphatic rings. The predicted octanol–water partition coefficient (Wildman–Crippen LogP) is 8.55. The molecule has 0 aliphatic heterocycles. The average Bonchev–Trinajstić information content (AvgIpc) is 2.85. The molecule has 0 unspecified atom stereocenters. The Hall–Kier alpha value is -2.03. The van der Waals surface area contributed by atoms with E-state index in [9.17, 15) is 4.79 Å². The smallest absolute Gasteiger partial charge is 0.227 e. The summed E-state index contributed by atoms with van der Waals surface area (Å²) in [6.45, 7) is 5.05. The summed E-state index contributed by atoms with van der Waals surface area (Å²) in [7, 11) is 1.68. The highest BCUT2D eigenvalue weighted by molar-refractivity contribution is 5.88. The molecule has 3 nitrogen and oxygen atoms in total. The van der Waals surface area contributed by atoms with E-state index < -0.39 is 0 Å². The summed E-state index contributed by atoms with van der Waals surface area (Å²) in [5.74, 6) is 0.843. The monoisotopic (exact) mass is 453 g/mol. The molecule has 1 amide bonds. The van der Waals surface area contributed by atoms with E-state index in [2.05, 4.69) is 36.5 Å². The van der Waals surface area contributed by atoms with Crippen LogP contribution in [-0.2, 0) is 4.79 Å². The fourth-order valence-electron chi connectivity index (χ4n) is 4.47. The number of carbonyl (C=O) groups is 1. The first-order valence-electron chi connectivity index (χ1n) is 13.5. The summed E-state index contributed by atoms with van der Waals surface area (Å²) in [4.78, 5) is 12.6. The third-order valence-electron chi connectivity index (χ3n) is 6.79. The Bertz CT molecular complexity index is 801. The number of nitrogens with one attached hydrogen (secondary N) is 1. The molecule has 2 rings (SSSR count). The molecule has 3 heteroatoms. The predicted molar refractivity (Wildman–Crippen MR) is 142 cm³/mol. The second-order valence-corrected chi connectivity index (χ2v) is 9.58. The van der Waals surface area contributed by atoms with Crippen molar-refractivity contribution in [2.45, 2.75) is 110 Å². The number of amides is 1. The van der Waals surface area contributed by atoms with Gasteiger partial charge in [0.05, 0.1) is 13.0 Å². The molecular weight excluding hydrogens is 406 g/mol. The van der Waals surface area contributed by atoms with E-state index in [-0.39, 0.29) is 11.8 Å². The fourth-order valence-corrected chi connectivity index (χ4v) is 4.47. The van der Waals surface area contributed by atoms with Gasteiger partial charge in [-0.1, -0.05) is 115 Å². The van der Waals surface area contributed by atoms with Gasteiger partial charge in [-0.2, -0.15) is 0 Å². The zero-order valence-electron chi connectivity index (χ0n) is 21.5. The van der Waals surface area contributed by atoms with Crippen LogP contribution in [-0.4, -0.2) is 19.6 Å². The molecule has 1 N–H and O–H groups in total. The van der Waals surface area contributed by atoms with Crippen molar-refractivity contribution in [3.8, 4) is 5.75 Å². The van der Waals surface area contributed by atoms with Crippen molar-refractivity contribution in [3.05, 3.63) is 42.0 Å². The van der Waals surface area contributed by atoms with Crippen molar-refractivity contribution in [1.29, 1.82) is 0 Å². The first kappa shape index (κ1) is 27.2. The third-order valence-corrected chi connectivity index (χ3v) is 6.79. The molecule has 2 aromatic carbocycles. The molecule has 184 valence electrons. The van der Waals surface area contributed by atoms with Gasteiger partial charge >= 0.3 is 0 Å². The van der Waals surface area contributed by atoms with E-state index in [1.807, 2.05) is 19.1 Å². The number of unbranched alkanes of at least 4 members (excludes halogenated alkanes) is 13. The summed E-state index contributed by atoms with van der Waals surface area (Å²) in [5.41, 5.74) is 1.06. The number of benzene rings is 2. The first-order valence-corrected chi connectivity index (χ1v) is 13.5. The van der Waals surface area contributed by atoms with Crippen molar-refractivity contribution < 1.29 is 9.53 Å². The number of ether oxygens (including phenoxy) is 1. The van der Waals surface area contributed by atoms with Gasteiger partial charge in [0.2, 0.25) is 5.91 Å². The third kappa shape index (κ3) is 10.6. The van der Waals surface area contributed by atoms with E-state index in [4.69, 9.17) is 4.74 Å². The zero-order valence-corrected chi connectivity index (χ0v) is 21.5. The lowest BCUT2D eigenvalue weighted by Gasteiger charge is -2.14. The van der Waals surface area contributed by atoms with E-state index in [0.717, 1.165) is 35.1 Å². The first-order chi connectivity index (χ1) is 16.2. The maximum atomic E-state index is 12.6.